The Labute approximate surface area is 180 Å². The molecule has 0 spiro atoms. The average molecular weight is 416 g/mol. The quantitative estimate of drug-likeness (QED) is 0.448. The van der Waals surface area contributed by atoms with Crippen LogP contribution in [-0.4, -0.2) is 16.9 Å². The molecular weight excluding hydrogens is 394 g/mol. The van der Waals surface area contributed by atoms with Crippen LogP contribution in [-0.2, 0) is 4.79 Å². The fraction of sp³-hybridized carbons (Fsp3) is 0.125. The predicted molar refractivity (Wildman–Crippen MR) is 121 cm³/mol. The summed E-state index contributed by atoms with van der Waals surface area (Å²) in [4.78, 5) is 24.7. The standard InChI is InChI=1S/C24H21N3O2S/c28-22(19-13-11-17(12-14-19)16-7-3-1-4-8-16)25-24(30)27-26-23(29)21-15-20(21)18-9-5-2-6-10-18/h1-14,20-21H,15H2,(H,26,29)(H2,25,27,28,30)/t20-,21+/m0/s1. The molecule has 0 aliphatic heterocycles. The second kappa shape index (κ2) is 8.88. The molecule has 4 rings (SSSR count). The van der Waals surface area contributed by atoms with E-state index in [0.29, 0.717) is 5.56 Å². The highest BCUT2D eigenvalue weighted by molar-refractivity contribution is 7.80. The van der Waals surface area contributed by atoms with Crippen molar-refractivity contribution >= 4 is 29.1 Å². The molecule has 3 N–H and O–H groups in total. The van der Waals surface area contributed by atoms with Gasteiger partial charge in [-0.05, 0) is 53.4 Å². The Morgan fingerprint density at radius 1 is 0.767 bits per heavy atom. The molecule has 30 heavy (non-hydrogen) atoms. The second-order valence-corrected chi connectivity index (χ2v) is 7.61. The van der Waals surface area contributed by atoms with Gasteiger partial charge in [0, 0.05) is 11.5 Å². The third-order valence-corrected chi connectivity index (χ3v) is 5.34. The lowest BCUT2D eigenvalue weighted by Crippen LogP contribution is -2.49. The molecule has 1 aliphatic rings. The second-order valence-electron chi connectivity index (χ2n) is 7.20. The highest BCUT2D eigenvalue weighted by Crippen LogP contribution is 2.47. The molecule has 5 nitrogen and oxygen atoms in total. The molecule has 1 aliphatic carbocycles. The van der Waals surface area contributed by atoms with Crippen molar-refractivity contribution in [1.29, 1.82) is 0 Å². The van der Waals surface area contributed by atoms with Crippen molar-refractivity contribution in [3.05, 3.63) is 96.1 Å². The summed E-state index contributed by atoms with van der Waals surface area (Å²) < 4.78 is 0. The maximum Gasteiger partial charge on any atom is 0.257 e. The van der Waals surface area contributed by atoms with Gasteiger partial charge in [0.2, 0.25) is 5.91 Å². The first-order chi connectivity index (χ1) is 14.6. The number of hydrogen-bond donors (Lipinski definition) is 3. The third-order valence-electron chi connectivity index (χ3n) is 5.14. The lowest BCUT2D eigenvalue weighted by atomic mass is 10.0. The molecule has 2 amide bonds. The molecule has 0 unspecified atom stereocenters. The van der Waals surface area contributed by atoms with E-state index in [0.717, 1.165) is 23.1 Å². The van der Waals surface area contributed by atoms with Crippen molar-refractivity contribution in [3.63, 3.8) is 0 Å². The van der Waals surface area contributed by atoms with E-state index < -0.39 is 0 Å². The van der Waals surface area contributed by atoms with Crippen LogP contribution in [0.15, 0.2) is 84.9 Å². The van der Waals surface area contributed by atoms with Gasteiger partial charge < -0.3 is 0 Å². The van der Waals surface area contributed by atoms with E-state index in [1.165, 1.54) is 0 Å². The zero-order valence-corrected chi connectivity index (χ0v) is 17.0. The van der Waals surface area contributed by atoms with Crippen molar-refractivity contribution in [1.82, 2.24) is 16.2 Å². The topological polar surface area (TPSA) is 70.2 Å². The lowest BCUT2D eigenvalue weighted by molar-refractivity contribution is -0.123. The van der Waals surface area contributed by atoms with Crippen LogP contribution in [0.3, 0.4) is 0 Å². The Bertz CT molecular complexity index is 1050. The van der Waals surface area contributed by atoms with Gasteiger partial charge in [-0.25, -0.2) is 0 Å². The van der Waals surface area contributed by atoms with Gasteiger partial charge in [0.25, 0.3) is 5.91 Å². The number of hydrazine groups is 1. The molecule has 0 heterocycles. The van der Waals surface area contributed by atoms with Crippen LogP contribution in [0.25, 0.3) is 11.1 Å². The third kappa shape index (κ3) is 4.72. The SMILES string of the molecule is O=C(NC(=S)NNC(=O)[C@@H]1C[C@H]1c1ccccc1)c1ccc(-c2ccccc2)cc1. The average Bonchev–Trinajstić information content (AvgIpc) is 3.60. The molecular formula is C24H21N3O2S. The molecule has 1 saturated carbocycles. The number of benzene rings is 3. The van der Waals surface area contributed by atoms with Crippen LogP contribution in [0.4, 0.5) is 0 Å². The van der Waals surface area contributed by atoms with E-state index in [9.17, 15) is 9.59 Å². The molecule has 0 saturated heterocycles. The Hall–Kier alpha value is -3.51. The van der Waals surface area contributed by atoms with Gasteiger partial charge in [-0.2, -0.15) is 0 Å². The first kappa shape index (κ1) is 19.8. The van der Waals surface area contributed by atoms with E-state index in [1.54, 1.807) is 12.1 Å². The maximum atomic E-state index is 12.4. The van der Waals surface area contributed by atoms with E-state index >= 15 is 0 Å². The molecule has 0 bridgehead atoms. The Balaban J connectivity index is 1.25. The lowest BCUT2D eigenvalue weighted by Gasteiger charge is -2.11. The molecule has 150 valence electrons. The van der Waals surface area contributed by atoms with E-state index in [-0.39, 0.29) is 28.8 Å². The largest absolute Gasteiger partial charge is 0.298 e. The number of carbonyl (C=O) groups excluding carboxylic acids is 2. The van der Waals surface area contributed by atoms with Crippen LogP contribution >= 0.6 is 12.2 Å². The number of amides is 2. The number of hydrogen-bond acceptors (Lipinski definition) is 3. The van der Waals surface area contributed by atoms with Crippen LogP contribution < -0.4 is 16.2 Å². The van der Waals surface area contributed by atoms with Gasteiger partial charge in [-0.3, -0.25) is 25.8 Å². The van der Waals surface area contributed by atoms with E-state index in [4.69, 9.17) is 12.2 Å². The number of rotatable bonds is 4. The highest BCUT2D eigenvalue weighted by Gasteiger charge is 2.43. The summed E-state index contributed by atoms with van der Waals surface area (Å²) in [6.07, 6.45) is 0.810. The minimum atomic E-state index is -0.338. The van der Waals surface area contributed by atoms with Crippen molar-refractivity contribution < 1.29 is 9.59 Å². The Morgan fingerprint density at radius 2 is 1.37 bits per heavy atom. The van der Waals surface area contributed by atoms with Crippen LogP contribution in [0.5, 0.6) is 0 Å². The zero-order valence-electron chi connectivity index (χ0n) is 16.2. The normalized spacial score (nSPS) is 16.9. The summed E-state index contributed by atoms with van der Waals surface area (Å²) in [5, 5.41) is 2.63. The summed E-state index contributed by atoms with van der Waals surface area (Å²) >= 11 is 5.12. The van der Waals surface area contributed by atoms with Gasteiger partial charge in [0.05, 0.1) is 0 Å². The molecule has 0 radical (unpaired) electrons. The fourth-order valence-corrected chi connectivity index (χ4v) is 3.56. The monoisotopic (exact) mass is 415 g/mol. The van der Waals surface area contributed by atoms with Crippen molar-refractivity contribution in [2.45, 2.75) is 12.3 Å². The zero-order chi connectivity index (χ0) is 20.9. The molecule has 6 heteroatoms. The summed E-state index contributed by atoms with van der Waals surface area (Å²) in [6.45, 7) is 0. The van der Waals surface area contributed by atoms with Crippen molar-refractivity contribution in [2.24, 2.45) is 5.92 Å². The van der Waals surface area contributed by atoms with Crippen LogP contribution in [0.2, 0.25) is 0 Å². The Morgan fingerprint density at radius 3 is 2.03 bits per heavy atom. The predicted octanol–water partition coefficient (Wildman–Crippen LogP) is 3.79. The minimum absolute atomic E-state index is 0.0531. The first-order valence-corrected chi connectivity index (χ1v) is 10.1. The van der Waals surface area contributed by atoms with Gasteiger partial charge in [-0.15, -0.1) is 0 Å². The molecule has 2 atom stereocenters. The fourth-order valence-electron chi connectivity index (χ4n) is 3.42. The summed E-state index contributed by atoms with van der Waals surface area (Å²) in [5.41, 5.74) is 8.95. The summed E-state index contributed by atoms with van der Waals surface area (Å²) in [7, 11) is 0. The first-order valence-electron chi connectivity index (χ1n) is 9.73. The highest BCUT2D eigenvalue weighted by atomic mass is 32.1. The van der Waals surface area contributed by atoms with Gasteiger partial charge in [0.15, 0.2) is 5.11 Å². The minimum Gasteiger partial charge on any atom is -0.298 e. The number of thiocarbonyl (C=S) groups is 1. The smallest absolute Gasteiger partial charge is 0.257 e. The van der Waals surface area contributed by atoms with Crippen LogP contribution in [0, 0.1) is 5.92 Å². The van der Waals surface area contributed by atoms with Gasteiger partial charge in [-0.1, -0.05) is 72.8 Å². The maximum absolute atomic E-state index is 12.4. The molecule has 1 fully saturated rings. The van der Waals surface area contributed by atoms with E-state index in [1.807, 2.05) is 72.8 Å². The van der Waals surface area contributed by atoms with Crippen molar-refractivity contribution in [3.8, 4) is 11.1 Å². The van der Waals surface area contributed by atoms with Crippen LogP contribution in [0.1, 0.15) is 28.3 Å². The van der Waals surface area contributed by atoms with E-state index in [2.05, 4.69) is 16.2 Å². The Kier molecular flexibility index (Phi) is 5.86. The molecule has 3 aromatic rings. The van der Waals surface area contributed by atoms with Gasteiger partial charge >= 0.3 is 0 Å². The summed E-state index contributed by atoms with van der Waals surface area (Å²) in [6, 6.07) is 27.1. The molecule has 3 aromatic carbocycles. The summed E-state index contributed by atoms with van der Waals surface area (Å²) in [5.74, 6) is -0.314. The molecule has 0 aromatic heterocycles. The number of nitrogens with one attached hydrogen (secondary N) is 3. The van der Waals surface area contributed by atoms with Crippen molar-refractivity contribution in [2.75, 3.05) is 0 Å². The number of carbonyl (C=O) groups is 2. The van der Waals surface area contributed by atoms with Gasteiger partial charge in [0.1, 0.15) is 0 Å².